The molecule has 2 atom stereocenters. The summed E-state index contributed by atoms with van der Waals surface area (Å²) in [7, 11) is 0. The van der Waals surface area contributed by atoms with E-state index in [0.717, 1.165) is 30.1 Å². The molecule has 0 aromatic heterocycles. The number of ether oxygens (including phenoxy) is 2. The molecule has 32 heavy (non-hydrogen) atoms. The number of benzene rings is 3. The molecule has 164 valence electrons. The number of amidine groups is 1. The van der Waals surface area contributed by atoms with Gasteiger partial charge in [-0.25, -0.2) is 0 Å². The Balaban J connectivity index is 1.52. The number of nitrogens with one attached hydrogen (secondary N) is 1. The Kier molecular flexibility index (Phi) is 6.65. The summed E-state index contributed by atoms with van der Waals surface area (Å²) >= 11 is 0. The van der Waals surface area contributed by atoms with Crippen LogP contribution >= 0.6 is 0 Å². The van der Waals surface area contributed by atoms with E-state index in [1.54, 1.807) is 12.1 Å². The number of aliphatic imine (C=N–C) groups is 1. The Morgan fingerprint density at radius 2 is 1.69 bits per heavy atom. The second kappa shape index (κ2) is 9.96. The summed E-state index contributed by atoms with van der Waals surface area (Å²) in [5.41, 5.74) is 2.06. The molecule has 0 bridgehead atoms. The first-order valence-corrected chi connectivity index (χ1v) is 10.6. The smallest absolute Gasteiger partial charge is 0.269 e. The molecule has 1 heterocycles. The van der Waals surface area contributed by atoms with Gasteiger partial charge < -0.3 is 14.8 Å². The Bertz CT molecular complexity index is 1080. The van der Waals surface area contributed by atoms with Gasteiger partial charge in [0.25, 0.3) is 5.69 Å². The summed E-state index contributed by atoms with van der Waals surface area (Å²) < 4.78 is 12.5. The maximum atomic E-state index is 10.8. The van der Waals surface area contributed by atoms with Crippen LogP contribution in [0, 0.1) is 10.1 Å². The minimum atomic E-state index is -0.415. The third kappa shape index (κ3) is 5.06. The average molecular weight is 431 g/mol. The van der Waals surface area contributed by atoms with Crippen LogP contribution in [0.25, 0.3) is 0 Å². The standard InChI is InChI=1S/C25H25N3O4/c1-18(20-7-3-2-4-8-20)24(25-26-15-16-27-25)32-23-10-6-5-9-22(23)31-17-19-11-13-21(14-12-19)28(29)30/h2-14,18,24H,15-17H2,1H3,(H,26,27). The van der Waals surface area contributed by atoms with Gasteiger partial charge in [-0.05, 0) is 35.4 Å². The molecular formula is C25H25N3O4. The van der Waals surface area contributed by atoms with Gasteiger partial charge in [0.15, 0.2) is 17.6 Å². The SMILES string of the molecule is CC(c1ccccc1)C(Oc1ccccc1OCc1ccc([N+](=O)[O-])cc1)C1=NCCN1. The largest absolute Gasteiger partial charge is 0.485 e. The van der Waals surface area contributed by atoms with Crippen molar-refractivity contribution in [3.8, 4) is 11.5 Å². The number of para-hydroxylation sites is 2. The highest BCUT2D eigenvalue weighted by molar-refractivity contribution is 5.89. The molecular weight excluding hydrogens is 406 g/mol. The third-order valence-corrected chi connectivity index (χ3v) is 5.39. The van der Waals surface area contributed by atoms with Crippen LogP contribution in [0.2, 0.25) is 0 Å². The molecule has 0 radical (unpaired) electrons. The minimum Gasteiger partial charge on any atom is -0.485 e. The van der Waals surface area contributed by atoms with Crippen LogP contribution in [0.4, 0.5) is 5.69 Å². The van der Waals surface area contributed by atoms with Gasteiger partial charge in [-0.1, -0.05) is 49.4 Å². The molecule has 0 aliphatic carbocycles. The number of nitro benzene ring substituents is 1. The van der Waals surface area contributed by atoms with Gasteiger partial charge in [0.2, 0.25) is 0 Å². The first-order chi connectivity index (χ1) is 15.6. The first-order valence-electron chi connectivity index (χ1n) is 10.6. The van der Waals surface area contributed by atoms with E-state index in [-0.39, 0.29) is 24.3 Å². The summed E-state index contributed by atoms with van der Waals surface area (Å²) in [6.07, 6.45) is -0.288. The Labute approximate surface area is 186 Å². The lowest BCUT2D eigenvalue weighted by Gasteiger charge is -2.27. The van der Waals surface area contributed by atoms with E-state index in [0.29, 0.717) is 11.5 Å². The maximum Gasteiger partial charge on any atom is 0.269 e. The van der Waals surface area contributed by atoms with Crippen LogP contribution in [0.5, 0.6) is 11.5 Å². The van der Waals surface area contributed by atoms with Crippen LogP contribution in [0.15, 0.2) is 83.9 Å². The highest BCUT2D eigenvalue weighted by Crippen LogP contribution is 2.32. The molecule has 4 rings (SSSR count). The van der Waals surface area contributed by atoms with Crippen molar-refractivity contribution in [2.75, 3.05) is 13.1 Å². The van der Waals surface area contributed by atoms with Crippen molar-refractivity contribution in [3.63, 3.8) is 0 Å². The lowest BCUT2D eigenvalue weighted by atomic mass is 9.94. The van der Waals surface area contributed by atoms with Crippen LogP contribution in [-0.4, -0.2) is 30.0 Å². The van der Waals surface area contributed by atoms with Gasteiger partial charge in [0.1, 0.15) is 12.4 Å². The number of non-ortho nitro benzene ring substituents is 1. The topological polar surface area (TPSA) is 86.0 Å². The van der Waals surface area contributed by atoms with E-state index in [4.69, 9.17) is 9.47 Å². The molecule has 0 fully saturated rings. The summed E-state index contributed by atoms with van der Waals surface area (Å²) in [4.78, 5) is 15.0. The molecule has 0 saturated heterocycles. The van der Waals surface area contributed by atoms with Crippen LogP contribution in [-0.2, 0) is 6.61 Å². The van der Waals surface area contributed by atoms with Gasteiger partial charge in [-0.3, -0.25) is 15.1 Å². The van der Waals surface area contributed by atoms with Crippen LogP contribution in [0.3, 0.4) is 0 Å². The van der Waals surface area contributed by atoms with Gasteiger partial charge in [-0.2, -0.15) is 0 Å². The quantitative estimate of drug-likeness (QED) is 0.391. The number of nitro groups is 1. The number of hydrogen-bond acceptors (Lipinski definition) is 6. The van der Waals surface area contributed by atoms with Crippen molar-refractivity contribution in [1.82, 2.24) is 5.32 Å². The molecule has 1 N–H and O–H groups in total. The second-order valence-corrected chi connectivity index (χ2v) is 7.59. The zero-order valence-corrected chi connectivity index (χ0v) is 17.8. The average Bonchev–Trinajstić information content (AvgIpc) is 3.37. The number of hydrogen-bond donors (Lipinski definition) is 1. The Morgan fingerprint density at radius 3 is 2.34 bits per heavy atom. The monoisotopic (exact) mass is 431 g/mol. The van der Waals surface area contributed by atoms with Crippen molar-refractivity contribution < 1.29 is 14.4 Å². The molecule has 3 aromatic rings. The predicted molar refractivity (Wildman–Crippen MR) is 123 cm³/mol. The van der Waals surface area contributed by atoms with Gasteiger partial charge in [-0.15, -0.1) is 0 Å². The van der Waals surface area contributed by atoms with Crippen LogP contribution < -0.4 is 14.8 Å². The fourth-order valence-corrected chi connectivity index (χ4v) is 3.61. The molecule has 1 aliphatic rings. The van der Waals surface area contributed by atoms with Crippen molar-refractivity contribution >= 4 is 11.5 Å². The van der Waals surface area contributed by atoms with E-state index in [9.17, 15) is 10.1 Å². The summed E-state index contributed by atoms with van der Waals surface area (Å²) in [5.74, 6) is 2.14. The molecule has 0 saturated carbocycles. The first kappa shape index (κ1) is 21.4. The van der Waals surface area contributed by atoms with Gasteiger partial charge >= 0.3 is 0 Å². The molecule has 3 aromatic carbocycles. The minimum absolute atomic E-state index is 0.0556. The number of nitrogens with zero attached hydrogens (tertiary/aromatic N) is 2. The molecule has 2 unspecified atom stereocenters. The summed E-state index contributed by atoms with van der Waals surface area (Å²) in [5, 5.41) is 14.2. The van der Waals surface area contributed by atoms with E-state index < -0.39 is 4.92 Å². The van der Waals surface area contributed by atoms with Crippen molar-refractivity contribution in [3.05, 3.63) is 100 Å². The zero-order valence-electron chi connectivity index (χ0n) is 17.8. The van der Waals surface area contributed by atoms with E-state index in [1.807, 2.05) is 42.5 Å². The Hall–Kier alpha value is -3.87. The van der Waals surface area contributed by atoms with E-state index in [1.165, 1.54) is 12.1 Å². The fraction of sp³-hybridized carbons (Fsp3) is 0.240. The molecule has 1 aliphatic heterocycles. The van der Waals surface area contributed by atoms with Crippen molar-refractivity contribution in [2.24, 2.45) is 4.99 Å². The lowest BCUT2D eigenvalue weighted by molar-refractivity contribution is -0.384. The lowest BCUT2D eigenvalue weighted by Crippen LogP contribution is -2.39. The fourth-order valence-electron chi connectivity index (χ4n) is 3.61. The molecule has 0 spiro atoms. The predicted octanol–water partition coefficient (Wildman–Crippen LogP) is 4.73. The third-order valence-electron chi connectivity index (χ3n) is 5.39. The summed E-state index contributed by atoms with van der Waals surface area (Å²) in [6.45, 7) is 3.93. The maximum absolute atomic E-state index is 10.8. The summed E-state index contributed by atoms with van der Waals surface area (Å²) in [6, 6.07) is 24.1. The number of rotatable bonds is 9. The Morgan fingerprint density at radius 1 is 1.00 bits per heavy atom. The molecule has 7 nitrogen and oxygen atoms in total. The normalized spacial score (nSPS) is 14.7. The zero-order chi connectivity index (χ0) is 22.3. The van der Waals surface area contributed by atoms with E-state index >= 15 is 0 Å². The van der Waals surface area contributed by atoms with Crippen LogP contribution in [0.1, 0.15) is 24.0 Å². The highest BCUT2D eigenvalue weighted by atomic mass is 16.6. The van der Waals surface area contributed by atoms with Gasteiger partial charge in [0, 0.05) is 24.6 Å². The molecule has 7 heteroatoms. The van der Waals surface area contributed by atoms with E-state index in [2.05, 4.69) is 29.4 Å². The second-order valence-electron chi connectivity index (χ2n) is 7.59. The molecule has 0 amide bonds. The van der Waals surface area contributed by atoms with Crippen molar-refractivity contribution in [2.45, 2.75) is 25.6 Å². The highest BCUT2D eigenvalue weighted by Gasteiger charge is 2.29. The van der Waals surface area contributed by atoms with Crippen molar-refractivity contribution in [1.29, 1.82) is 0 Å². The van der Waals surface area contributed by atoms with Gasteiger partial charge in [0.05, 0.1) is 11.5 Å².